The highest BCUT2D eigenvalue weighted by molar-refractivity contribution is 7.89. The van der Waals surface area contributed by atoms with Crippen LogP contribution in [0.4, 0.5) is 11.6 Å². The van der Waals surface area contributed by atoms with Crippen LogP contribution in [0, 0.1) is 0 Å². The highest BCUT2D eigenvalue weighted by Gasteiger charge is 2.12. The third-order valence-corrected chi connectivity index (χ3v) is 5.45. The van der Waals surface area contributed by atoms with Gasteiger partial charge in [-0.05, 0) is 43.4 Å². The van der Waals surface area contributed by atoms with E-state index in [1.165, 1.54) is 19.2 Å². The molecule has 0 spiro atoms. The van der Waals surface area contributed by atoms with Gasteiger partial charge in [-0.25, -0.2) is 28.1 Å². The molecule has 2 heterocycles. The lowest BCUT2D eigenvalue weighted by Crippen LogP contribution is -2.18. The van der Waals surface area contributed by atoms with E-state index < -0.39 is 10.0 Å². The summed E-state index contributed by atoms with van der Waals surface area (Å²) < 4.78 is 26.2. The normalized spacial score (nSPS) is 11.6. The van der Waals surface area contributed by atoms with Gasteiger partial charge in [-0.1, -0.05) is 12.1 Å². The van der Waals surface area contributed by atoms with Gasteiger partial charge in [0.1, 0.15) is 0 Å². The van der Waals surface area contributed by atoms with Crippen molar-refractivity contribution in [2.45, 2.75) is 4.90 Å². The lowest BCUT2D eigenvalue weighted by molar-refractivity contribution is 0.588. The van der Waals surface area contributed by atoms with Crippen molar-refractivity contribution in [1.82, 2.24) is 24.7 Å². The second-order valence-electron chi connectivity index (χ2n) is 5.76. The zero-order chi connectivity index (χ0) is 18.9. The quantitative estimate of drug-likeness (QED) is 0.491. The number of rotatable bonds is 5. The first kappa shape index (κ1) is 17.1. The van der Waals surface area contributed by atoms with Gasteiger partial charge in [0.05, 0.1) is 28.0 Å². The summed E-state index contributed by atoms with van der Waals surface area (Å²) in [6, 6.07) is 14.1. The van der Waals surface area contributed by atoms with Crippen LogP contribution in [0.1, 0.15) is 0 Å². The number of anilines is 2. The lowest BCUT2D eigenvalue weighted by atomic mass is 10.1. The molecule has 9 heteroatoms. The summed E-state index contributed by atoms with van der Waals surface area (Å²) in [5.74, 6) is 0.369. The van der Waals surface area contributed by atoms with E-state index in [2.05, 4.69) is 30.0 Å². The summed E-state index contributed by atoms with van der Waals surface area (Å²) >= 11 is 0. The number of H-pyrrole nitrogens is 1. The van der Waals surface area contributed by atoms with E-state index >= 15 is 0 Å². The molecule has 0 aliphatic rings. The van der Waals surface area contributed by atoms with Crippen molar-refractivity contribution >= 4 is 32.7 Å². The number of sulfonamides is 1. The third-order valence-electron chi connectivity index (χ3n) is 4.04. The van der Waals surface area contributed by atoms with Crippen LogP contribution in [0.3, 0.4) is 0 Å². The van der Waals surface area contributed by atoms with Crippen LogP contribution >= 0.6 is 0 Å². The molecule has 8 nitrogen and oxygen atoms in total. The maximum Gasteiger partial charge on any atom is 0.240 e. The molecule has 4 rings (SSSR count). The van der Waals surface area contributed by atoms with E-state index in [1.807, 2.05) is 18.2 Å². The second kappa shape index (κ2) is 6.78. The van der Waals surface area contributed by atoms with Gasteiger partial charge in [-0.3, -0.25) is 0 Å². The molecule has 0 aliphatic heterocycles. The molecule has 0 bridgehead atoms. The van der Waals surface area contributed by atoms with E-state index in [9.17, 15) is 8.42 Å². The zero-order valence-electron chi connectivity index (χ0n) is 14.3. The Labute approximate surface area is 155 Å². The van der Waals surface area contributed by atoms with Crippen molar-refractivity contribution in [3.63, 3.8) is 0 Å². The fourth-order valence-electron chi connectivity index (χ4n) is 2.66. The van der Waals surface area contributed by atoms with E-state index in [4.69, 9.17) is 0 Å². The summed E-state index contributed by atoms with van der Waals surface area (Å²) in [7, 11) is -2.15. The van der Waals surface area contributed by atoms with Gasteiger partial charge in [0.15, 0.2) is 0 Å². The molecule has 4 aromatic rings. The average Bonchev–Trinajstić information content (AvgIpc) is 3.16. The first-order valence-electron chi connectivity index (χ1n) is 8.12. The summed E-state index contributed by atoms with van der Waals surface area (Å²) in [6.45, 7) is 0. The molecule has 0 atom stereocenters. The van der Waals surface area contributed by atoms with E-state index in [0.29, 0.717) is 11.6 Å². The maximum absolute atomic E-state index is 12.0. The molecule has 0 saturated carbocycles. The van der Waals surface area contributed by atoms with Crippen LogP contribution in [-0.4, -0.2) is 35.4 Å². The highest BCUT2D eigenvalue weighted by Crippen LogP contribution is 2.23. The van der Waals surface area contributed by atoms with Gasteiger partial charge >= 0.3 is 0 Å². The van der Waals surface area contributed by atoms with Crippen LogP contribution in [0.15, 0.2) is 66.0 Å². The number of fused-ring (bicyclic) bond motifs is 1. The summed E-state index contributed by atoms with van der Waals surface area (Å²) in [5.41, 5.74) is 4.02. The predicted molar refractivity (Wildman–Crippen MR) is 103 cm³/mol. The highest BCUT2D eigenvalue weighted by atomic mass is 32.2. The Balaban J connectivity index is 1.64. The maximum atomic E-state index is 12.0. The van der Waals surface area contributed by atoms with Crippen LogP contribution in [0.2, 0.25) is 0 Å². The van der Waals surface area contributed by atoms with E-state index in [-0.39, 0.29) is 4.90 Å². The van der Waals surface area contributed by atoms with Crippen LogP contribution in [-0.2, 0) is 10.0 Å². The van der Waals surface area contributed by atoms with Crippen molar-refractivity contribution in [3.8, 4) is 11.3 Å². The van der Waals surface area contributed by atoms with E-state index in [1.54, 1.807) is 30.7 Å². The number of hydrogen-bond donors (Lipinski definition) is 3. The van der Waals surface area contributed by atoms with Gasteiger partial charge < -0.3 is 10.3 Å². The van der Waals surface area contributed by atoms with Gasteiger partial charge in [-0.2, -0.15) is 0 Å². The monoisotopic (exact) mass is 380 g/mol. The minimum absolute atomic E-state index is 0.162. The number of benzene rings is 2. The van der Waals surface area contributed by atoms with Crippen molar-refractivity contribution in [2.75, 3.05) is 12.4 Å². The Kier molecular flexibility index (Phi) is 4.30. The fourth-order valence-corrected chi connectivity index (χ4v) is 3.43. The molecule has 0 aliphatic carbocycles. The number of aromatic amines is 1. The first-order chi connectivity index (χ1) is 13.0. The van der Waals surface area contributed by atoms with Gasteiger partial charge in [0, 0.05) is 17.4 Å². The third kappa shape index (κ3) is 3.50. The Morgan fingerprint density at radius 3 is 2.78 bits per heavy atom. The van der Waals surface area contributed by atoms with Gasteiger partial charge in [0.2, 0.25) is 16.0 Å². The molecule has 136 valence electrons. The number of imidazole rings is 1. The molecule has 27 heavy (non-hydrogen) atoms. The molecule has 0 fully saturated rings. The van der Waals surface area contributed by atoms with Gasteiger partial charge in [0.25, 0.3) is 0 Å². The smallest absolute Gasteiger partial charge is 0.240 e. The largest absolute Gasteiger partial charge is 0.345 e. The molecule has 0 radical (unpaired) electrons. The predicted octanol–water partition coefficient (Wildman–Crippen LogP) is 2.67. The van der Waals surface area contributed by atoms with Crippen molar-refractivity contribution in [3.05, 3.63) is 61.1 Å². The zero-order valence-corrected chi connectivity index (χ0v) is 15.2. The van der Waals surface area contributed by atoms with Crippen molar-refractivity contribution in [1.29, 1.82) is 0 Å². The van der Waals surface area contributed by atoms with Crippen molar-refractivity contribution in [2.24, 2.45) is 0 Å². The number of nitrogens with one attached hydrogen (secondary N) is 3. The second-order valence-corrected chi connectivity index (χ2v) is 7.65. The Hall–Kier alpha value is -3.30. The molecule has 2 aromatic heterocycles. The minimum Gasteiger partial charge on any atom is -0.345 e. The molecule has 2 aromatic carbocycles. The number of aromatic nitrogens is 4. The molecule has 0 amide bonds. The summed E-state index contributed by atoms with van der Waals surface area (Å²) in [6.07, 6.45) is 3.29. The Morgan fingerprint density at radius 1 is 1.04 bits per heavy atom. The molecular weight excluding hydrogens is 364 g/mol. The molecule has 0 unspecified atom stereocenters. The van der Waals surface area contributed by atoms with E-state index in [0.717, 1.165) is 22.3 Å². The number of hydrogen-bond acceptors (Lipinski definition) is 6. The molecule has 3 N–H and O–H groups in total. The molecular formula is C18H16N6O2S. The molecule has 0 saturated heterocycles. The van der Waals surface area contributed by atoms with Gasteiger partial charge in [-0.15, -0.1) is 0 Å². The first-order valence-corrected chi connectivity index (χ1v) is 9.61. The number of nitrogens with zero attached hydrogens (tertiary/aromatic N) is 3. The standard InChI is InChI=1S/C18H16N6O2S/c1-19-27(25,26)14-4-2-3-13(10-14)23-18-20-8-7-15(24-18)12-5-6-16-17(9-12)22-11-21-16/h2-11,19H,1H3,(H,21,22)(H,20,23,24). The summed E-state index contributed by atoms with van der Waals surface area (Å²) in [4.78, 5) is 16.2. The fraction of sp³-hybridized carbons (Fsp3) is 0.0556. The summed E-state index contributed by atoms with van der Waals surface area (Å²) in [5, 5.41) is 3.05. The van der Waals surface area contributed by atoms with Crippen molar-refractivity contribution < 1.29 is 8.42 Å². The van der Waals surface area contributed by atoms with Crippen LogP contribution in [0.5, 0.6) is 0 Å². The average molecular weight is 380 g/mol. The minimum atomic E-state index is -3.52. The van der Waals surface area contributed by atoms with Crippen LogP contribution < -0.4 is 10.0 Å². The topological polar surface area (TPSA) is 113 Å². The lowest BCUT2D eigenvalue weighted by Gasteiger charge is -2.09. The SMILES string of the molecule is CNS(=O)(=O)c1cccc(Nc2nccc(-c3ccc4[nH]cnc4c3)n2)c1. The Bertz CT molecular complexity index is 1220. The van der Waals surface area contributed by atoms with Crippen LogP contribution in [0.25, 0.3) is 22.3 Å². The Morgan fingerprint density at radius 2 is 1.93 bits per heavy atom.